The van der Waals surface area contributed by atoms with Crippen LogP contribution in [0.25, 0.3) is 0 Å². The average molecular weight is 743 g/mol. The van der Waals surface area contributed by atoms with Crippen molar-refractivity contribution in [1.29, 1.82) is 0 Å². The summed E-state index contributed by atoms with van der Waals surface area (Å²) in [5, 5.41) is 9.35. The van der Waals surface area contributed by atoms with Crippen LogP contribution in [0.15, 0.2) is 71.0 Å². The summed E-state index contributed by atoms with van der Waals surface area (Å²) in [6.07, 6.45) is 1.51. The molecule has 0 fully saturated rings. The molecule has 0 spiro atoms. The fraction of sp³-hybridized carbons (Fsp3) is 0.250. The van der Waals surface area contributed by atoms with Crippen molar-refractivity contribution in [1.82, 2.24) is 16.1 Å². The second kappa shape index (κ2) is 14.9. The van der Waals surface area contributed by atoms with Crippen LogP contribution in [0.3, 0.4) is 0 Å². The second-order valence-electron chi connectivity index (χ2n) is 9.95. The average Bonchev–Trinajstić information content (AvgIpc) is 3.51. The molecule has 46 heavy (non-hydrogen) atoms. The minimum absolute atomic E-state index is 0.184. The smallest absolute Gasteiger partial charge is 0.338 e. The lowest BCUT2D eigenvalue weighted by atomic mass is 9.95. The number of esters is 1. The minimum atomic E-state index is -0.771. The van der Waals surface area contributed by atoms with Crippen molar-refractivity contribution < 1.29 is 42.8 Å². The van der Waals surface area contributed by atoms with Gasteiger partial charge in [0.1, 0.15) is 12.4 Å². The number of nitrogens with one attached hydrogen (secondary N) is 3. The van der Waals surface area contributed by atoms with E-state index in [4.69, 9.17) is 28.4 Å². The number of hydrogen-bond donors (Lipinski definition) is 3. The van der Waals surface area contributed by atoms with E-state index in [1.165, 1.54) is 13.3 Å². The SMILES string of the molecule is CCOC(=O)C1=C(C)NC(=O)N[C@H]1c1ccc(OCC(=O)N/N=C\c2ccc(OCc3ccc4c(c3)OCO4)c(I)c2)c(OC)c1. The van der Waals surface area contributed by atoms with E-state index in [2.05, 4.69) is 43.8 Å². The van der Waals surface area contributed by atoms with Gasteiger partial charge in [-0.25, -0.2) is 15.0 Å². The van der Waals surface area contributed by atoms with E-state index in [9.17, 15) is 14.4 Å². The summed E-state index contributed by atoms with van der Waals surface area (Å²) in [7, 11) is 1.44. The van der Waals surface area contributed by atoms with Crippen molar-refractivity contribution >= 4 is 46.7 Å². The van der Waals surface area contributed by atoms with E-state index in [1.54, 1.807) is 32.0 Å². The van der Waals surface area contributed by atoms with E-state index in [0.29, 0.717) is 35.1 Å². The Labute approximate surface area is 278 Å². The topological polar surface area (TPSA) is 155 Å². The number of hydrogen-bond acceptors (Lipinski definition) is 10. The van der Waals surface area contributed by atoms with Crippen LogP contribution >= 0.6 is 22.6 Å². The van der Waals surface area contributed by atoms with Crippen LogP contribution < -0.4 is 39.7 Å². The highest BCUT2D eigenvalue weighted by Crippen LogP contribution is 2.35. The van der Waals surface area contributed by atoms with Crippen molar-refractivity contribution in [3.63, 3.8) is 0 Å². The fourth-order valence-electron chi connectivity index (χ4n) is 4.67. The number of methoxy groups -OCH3 is 1. The quantitative estimate of drug-likeness (QED) is 0.107. The molecule has 240 valence electrons. The van der Waals surface area contributed by atoms with Gasteiger partial charge < -0.3 is 39.1 Å². The molecular formula is C32H31IN4O9. The standard InChI is InChI=1S/C32H31IN4O9/c1-4-42-31(39)29-18(2)35-32(40)36-30(29)21-7-10-24(26(13-21)41-3)44-16-28(38)37-34-14-19-5-8-23(22(33)11-19)43-15-20-6-9-25-27(12-20)46-17-45-25/h5-14,30H,4,15-17H2,1-3H3,(H,37,38)(H2,35,36,40)/b34-14-/t30-/m0/s1. The minimum Gasteiger partial charge on any atom is -0.493 e. The van der Waals surface area contributed by atoms with Gasteiger partial charge in [-0.1, -0.05) is 12.1 Å². The predicted molar refractivity (Wildman–Crippen MR) is 174 cm³/mol. The first-order valence-electron chi connectivity index (χ1n) is 14.1. The number of halogens is 1. The summed E-state index contributed by atoms with van der Waals surface area (Å²) in [5.74, 6) is 1.68. The lowest BCUT2D eigenvalue weighted by molar-refractivity contribution is -0.139. The van der Waals surface area contributed by atoms with Gasteiger partial charge in [-0.3, -0.25) is 4.79 Å². The molecule has 5 rings (SSSR count). The van der Waals surface area contributed by atoms with Crippen LogP contribution in [0, 0.1) is 3.57 Å². The van der Waals surface area contributed by atoms with Crippen molar-refractivity contribution in [2.75, 3.05) is 27.1 Å². The number of ether oxygens (including phenoxy) is 6. The maximum absolute atomic E-state index is 12.6. The number of nitrogens with zero attached hydrogens (tertiary/aromatic N) is 1. The largest absolute Gasteiger partial charge is 0.493 e. The third kappa shape index (κ3) is 7.80. The van der Waals surface area contributed by atoms with Gasteiger partial charge in [-0.15, -0.1) is 0 Å². The highest BCUT2D eigenvalue weighted by atomic mass is 127. The number of allylic oxidation sites excluding steroid dienone is 1. The second-order valence-corrected chi connectivity index (χ2v) is 11.1. The Hall–Kier alpha value is -4.99. The molecule has 14 heteroatoms. The van der Waals surface area contributed by atoms with Crippen LogP contribution in [0.5, 0.6) is 28.7 Å². The first-order valence-corrected chi connectivity index (χ1v) is 15.2. The van der Waals surface area contributed by atoms with E-state index >= 15 is 0 Å². The van der Waals surface area contributed by atoms with Crippen molar-refractivity contribution in [2.24, 2.45) is 5.10 Å². The highest BCUT2D eigenvalue weighted by Gasteiger charge is 2.32. The van der Waals surface area contributed by atoms with Gasteiger partial charge in [0.15, 0.2) is 29.6 Å². The first-order chi connectivity index (χ1) is 22.2. The van der Waals surface area contributed by atoms with Crippen LogP contribution in [0.2, 0.25) is 0 Å². The highest BCUT2D eigenvalue weighted by molar-refractivity contribution is 14.1. The molecule has 2 aliphatic rings. The van der Waals surface area contributed by atoms with Gasteiger partial charge >= 0.3 is 12.0 Å². The van der Waals surface area contributed by atoms with Crippen LogP contribution in [-0.2, 0) is 20.9 Å². The summed E-state index contributed by atoms with van der Waals surface area (Å²) >= 11 is 2.18. The summed E-state index contributed by atoms with van der Waals surface area (Å²) in [5.41, 5.74) is 5.38. The Balaban J connectivity index is 1.14. The molecule has 13 nitrogen and oxygen atoms in total. The Bertz CT molecular complexity index is 1710. The zero-order chi connectivity index (χ0) is 32.6. The number of hydrazone groups is 1. The maximum Gasteiger partial charge on any atom is 0.338 e. The van der Waals surface area contributed by atoms with E-state index in [0.717, 1.165) is 20.4 Å². The Kier molecular flexibility index (Phi) is 10.5. The number of carbonyl (C=O) groups is 3. The number of urea groups is 1. The van der Waals surface area contributed by atoms with Gasteiger partial charge in [0.25, 0.3) is 5.91 Å². The van der Waals surface area contributed by atoms with E-state index in [-0.39, 0.29) is 31.3 Å². The Morgan fingerprint density at radius 2 is 1.85 bits per heavy atom. The van der Waals surface area contributed by atoms with Gasteiger partial charge in [0, 0.05) is 5.70 Å². The Morgan fingerprint density at radius 1 is 1.04 bits per heavy atom. The van der Waals surface area contributed by atoms with Crippen LogP contribution in [-0.4, -0.2) is 51.2 Å². The molecule has 3 aromatic carbocycles. The summed E-state index contributed by atoms with van der Waals surface area (Å²) in [6.45, 7) is 3.76. The third-order valence-corrected chi connectivity index (χ3v) is 7.68. The molecule has 0 radical (unpaired) electrons. The molecule has 0 saturated carbocycles. The molecule has 0 aliphatic carbocycles. The maximum atomic E-state index is 12.6. The number of fused-ring (bicyclic) bond motifs is 1. The van der Waals surface area contributed by atoms with E-state index in [1.807, 2.05) is 36.4 Å². The van der Waals surface area contributed by atoms with Crippen molar-refractivity contribution in [2.45, 2.75) is 26.5 Å². The normalized spacial score (nSPS) is 15.2. The van der Waals surface area contributed by atoms with Gasteiger partial charge in [0.05, 0.1) is 35.1 Å². The van der Waals surface area contributed by atoms with Gasteiger partial charge in [-0.2, -0.15) is 5.10 Å². The van der Waals surface area contributed by atoms with Crippen LogP contribution in [0.4, 0.5) is 4.79 Å². The molecular weight excluding hydrogens is 711 g/mol. The molecule has 0 saturated heterocycles. The Morgan fingerprint density at radius 3 is 2.63 bits per heavy atom. The molecule has 3 amide bonds. The fourth-order valence-corrected chi connectivity index (χ4v) is 5.36. The monoisotopic (exact) mass is 742 g/mol. The van der Waals surface area contributed by atoms with Gasteiger partial charge in [-0.05, 0) is 95.6 Å². The molecule has 0 unspecified atom stereocenters. The lowest BCUT2D eigenvalue weighted by Gasteiger charge is -2.28. The predicted octanol–water partition coefficient (Wildman–Crippen LogP) is 4.33. The molecule has 3 N–H and O–H groups in total. The third-order valence-electron chi connectivity index (χ3n) is 6.83. The summed E-state index contributed by atoms with van der Waals surface area (Å²) < 4.78 is 33.9. The zero-order valence-corrected chi connectivity index (χ0v) is 27.3. The van der Waals surface area contributed by atoms with Crippen LogP contribution in [0.1, 0.15) is 36.6 Å². The molecule has 2 aliphatic heterocycles. The molecule has 0 aromatic heterocycles. The molecule has 2 heterocycles. The number of rotatable bonds is 12. The van der Waals surface area contributed by atoms with Crippen molar-refractivity contribution in [3.8, 4) is 28.7 Å². The lowest BCUT2D eigenvalue weighted by Crippen LogP contribution is -2.45. The number of benzene rings is 3. The molecule has 0 bridgehead atoms. The molecule has 3 aromatic rings. The van der Waals surface area contributed by atoms with Gasteiger partial charge in [0.2, 0.25) is 6.79 Å². The first kappa shape index (κ1) is 32.4. The zero-order valence-electron chi connectivity index (χ0n) is 25.2. The summed E-state index contributed by atoms with van der Waals surface area (Å²) in [4.78, 5) is 37.2. The number of carbonyl (C=O) groups excluding carboxylic acids is 3. The number of amides is 3. The molecule has 1 atom stereocenters. The summed E-state index contributed by atoms with van der Waals surface area (Å²) in [6, 6.07) is 14.9. The van der Waals surface area contributed by atoms with Crippen molar-refractivity contribution in [3.05, 3.63) is 86.1 Å². The van der Waals surface area contributed by atoms with E-state index < -0.39 is 23.9 Å².